The summed E-state index contributed by atoms with van der Waals surface area (Å²) in [5, 5.41) is 2.86. The highest BCUT2D eigenvalue weighted by Crippen LogP contribution is 2.58. The molecule has 0 aromatic rings. The van der Waals surface area contributed by atoms with Gasteiger partial charge in [0, 0.05) is 17.9 Å². The second kappa shape index (κ2) is 3.72. The van der Waals surface area contributed by atoms with Crippen molar-refractivity contribution in [1.82, 2.24) is 5.32 Å². The lowest BCUT2D eigenvalue weighted by molar-refractivity contribution is -0.176. The maximum atomic E-state index is 12.5. The summed E-state index contributed by atoms with van der Waals surface area (Å²) in [4.78, 5) is 12.5. The third-order valence-corrected chi connectivity index (χ3v) is 4.62. The van der Waals surface area contributed by atoms with E-state index in [9.17, 15) is 4.79 Å². The number of amides is 1. The number of ether oxygens (including phenoxy) is 1. The van der Waals surface area contributed by atoms with Crippen LogP contribution in [0.3, 0.4) is 0 Å². The molecular weight excluding hydrogens is 228 g/mol. The number of hydrogen-bond donors (Lipinski definition) is 2. The standard InChI is InChI=1S/C14H22N2O2/c1-6-12(2,3)16-11(17)14(15)9-7-8-18-10(9)13(14,4)5/h1,9-10H,7-8,15H2,2-5H3,(H,16,17). The van der Waals surface area contributed by atoms with Crippen molar-refractivity contribution >= 4 is 5.91 Å². The summed E-state index contributed by atoms with van der Waals surface area (Å²) < 4.78 is 5.67. The van der Waals surface area contributed by atoms with Crippen LogP contribution in [0.15, 0.2) is 0 Å². The van der Waals surface area contributed by atoms with Crippen LogP contribution in [0, 0.1) is 23.7 Å². The number of rotatable bonds is 2. The summed E-state index contributed by atoms with van der Waals surface area (Å²) in [6.45, 7) is 8.25. The lowest BCUT2D eigenvalue weighted by Crippen LogP contribution is -2.81. The van der Waals surface area contributed by atoms with Crippen LogP contribution in [0.4, 0.5) is 0 Å². The molecular formula is C14H22N2O2. The number of fused-ring (bicyclic) bond motifs is 1. The van der Waals surface area contributed by atoms with Crippen LogP contribution in [-0.4, -0.2) is 29.7 Å². The zero-order chi connectivity index (χ0) is 13.8. The third kappa shape index (κ3) is 1.51. The van der Waals surface area contributed by atoms with Gasteiger partial charge in [-0.15, -0.1) is 6.42 Å². The molecule has 1 heterocycles. The Bertz CT molecular complexity index is 422. The second-order valence-electron chi connectivity index (χ2n) is 6.50. The topological polar surface area (TPSA) is 64.4 Å². The first kappa shape index (κ1) is 13.4. The van der Waals surface area contributed by atoms with Crippen LogP contribution in [0.25, 0.3) is 0 Å². The minimum Gasteiger partial charge on any atom is -0.377 e. The van der Waals surface area contributed by atoms with Gasteiger partial charge in [0.1, 0.15) is 5.54 Å². The van der Waals surface area contributed by atoms with Crippen LogP contribution < -0.4 is 11.1 Å². The number of carbonyl (C=O) groups is 1. The molecule has 18 heavy (non-hydrogen) atoms. The number of terminal acetylenes is 1. The van der Waals surface area contributed by atoms with Crippen molar-refractivity contribution in [2.75, 3.05) is 6.61 Å². The van der Waals surface area contributed by atoms with Crippen LogP contribution in [0.5, 0.6) is 0 Å². The van der Waals surface area contributed by atoms with Crippen molar-refractivity contribution in [2.45, 2.75) is 51.3 Å². The van der Waals surface area contributed by atoms with E-state index in [2.05, 4.69) is 11.2 Å². The molecule has 1 saturated heterocycles. The Balaban J connectivity index is 2.22. The van der Waals surface area contributed by atoms with Gasteiger partial charge in [0.2, 0.25) is 5.91 Å². The van der Waals surface area contributed by atoms with Crippen molar-refractivity contribution in [1.29, 1.82) is 0 Å². The van der Waals surface area contributed by atoms with Gasteiger partial charge in [-0.05, 0) is 20.3 Å². The van der Waals surface area contributed by atoms with Gasteiger partial charge in [-0.3, -0.25) is 4.79 Å². The quantitative estimate of drug-likeness (QED) is 0.708. The van der Waals surface area contributed by atoms with Crippen LogP contribution in [0.2, 0.25) is 0 Å². The molecule has 0 aromatic heterocycles. The first-order valence-electron chi connectivity index (χ1n) is 6.37. The van der Waals surface area contributed by atoms with Crippen molar-refractivity contribution in [3.8, 4) is 12.3 Å². The number of carbonyl (C=O) groups excluding carboxylic acids is 1. The van der Waals surface area contributed by atoms with Crippen LogP contribution in [-0.2, 0) is 9.53 Å². The summed E-state index contributed by atoms with van der Waals surface area (Å²) >= 11 is 0. The highest BCUT2D eigenvalue weighted by atomic mass is 16.5. The molecule has 3 unspecified atom stereocenters. The molecule has 4 nitrogen and oxygen atoms in total. The SMILES string of the molecule is C#CC(C)(C)NC(=O)C1(N)C2CCOC2C1(C)C. The lowest BCUT2D eigenvalue weighted by atomic mass is 9.48. The normalized spacial score (nSPS) is 37.3. The summed E-state index contributed by atoms with van der Waals surface area (Å²) in [5.74, 6) is 2.49. The largest absolute Gasteiger partial charge is 0.377 e. The second-order valence-corrected chi connectivity index (χ2v) is 6.50. The van der Waals surface area contributed by atoms with E-state index in [1.165, 1.54) is 0 Å². The highest BCUT2D eigenvalue weighted by molar-refractivity contribution is 5.90. The average molecular weight is 250 g/mol. The van der Waals surface area contributed by atoms with Gasteiger partial charge in [0.25, 0.3) is 0 Å². The van der Waals surface area contributed by atoms with Gasteiger partial charge in [-0.1, -0.05) is 19.8 Å². The maximum absolute atomic E-state index is 12.5. The van der Waals surface area contributed by atoms with E-state index in [1.807, 2.05) is 13.8 Å². The van der Waals surface area contributed by atoms with E-state index >= 15 is 0 Å². The van der Waals surface area contributed by atoms with E-state index in [4.69, 9.17) is 16.9 Å². The third-order valence-electron chi connectivity index (χ3n) is 4.62. The van der Waals surface area contributed by atoms with Crippen molar-refractivity contribution < 1.29 is 9.53 Å². The Morgan fingerprint density at radius 2 is 2.17 bits per heavy atom. The van der Waals surface area contributed by atoms with Crippen molar-refractivity contribution in [3.05, 3.63) is 0 Å². The Morgan fingerprint density at radius 1 is 1.56 bits per heavy atom. The summed E-state index contributed by atoms with van der Waals surface area (Å²) in [6, 6.07) is 0. The molecule has 1 aliphatic heterocycles. The first-order chi connectivity index (χ1) is 8.17. The fourth-order valence-electron chi connectivity index (χ4n) is 3.27. The minimum absolute atomic E-state index is 0.0854. The Labute approximate surface area is 109 Å². The molecule has 0 aromatic carbocycles. The minimum atomic E-state index is -0.887. The van der Waals surface area contributed by atoms with Gasteiger partial charge in [0.05, 0.1) is 11.6 Å². The van der Waals surface area contributed by atoms with E-state index in [0.29, 0.717) is 6.61 Å². The molecule has 100 valence electrons. The summed E-state index contributed by atoms with van der Waals surface area (Å²) in [5.41, 5.74) is 4.49. The lowest BCUT2D eigenvalue weighted by Gasteiger charge is -2.61. The van der Waals surface area contributed by atoms with E-state index < -0.39 is 11.1 Å². The molecule has 1 saturated carbocycles. The molecule has 2 rings (SSSR count). The first-order valence-corrected chi connectivity index (χ1v) is 6.37. The number of hydrogen-bond acceptors (Lipinski definition) is 3. The Morgan fingerprint density at radius 3 is 2.72 bits per heavy atom. The van der Waals surface area contributed by atoms with E-state index in [-0.39, 0.29) is 23.3 Å². The predicted molar refractivity (Wildman–Crippen MR) is 69.6 cm³/mol. The fourth-order valence-corrected chi connectivity index (χ4v) is 3.27. The smallest absolute Gasteiger partial charge is 0.242 e. The Hall–Kier alpha value is -1.05. The number of nitrogens with two attached hydrogens (primary N) is 1. The fraction of sp³-hybridized carbons (Fsp3) is 0.786. The van der Waals surface area contributed by atoms with E-state index in [0.717, 1.165) is 6.42 Å². The van der Waals surface area contributed by atoms with E-state index in [1.54, 1.807) is 13.8 Å². The molecule has 0 bridgehead atoms. The molecule has 4 heteroatoms. The van der Waals surface area contributed by atoms with Gasteiger partial charge in [0.15, 0.2) is 0 Å². The summed E-state index contributed by atoms with van der Waals surface area (Å²) in [7, 11) is 0. The molecule has 0 spiro atoms. The van der Waals surface area contributed by atoms with Gasteiger partial charge >= 0.3 is 0 Å². The zero-order valence-corrected chi connectivity index (χ0v) is 11.5. The van der Waals surface area contributed by atoms with Crippen molar-refractivity contribution in [3.63, 3.8) is 0 Å². The van der Waals surface area contributed by atoms with Gasteiger partial charge < -0.3 is 15.8 Å². The van der Waals surface area contributed by atoms with Gasteiger partial charge in [-0.2, -0.15) is 0 Å². The Kier molecular flexibility index (Phi) is 2.77. The molecule has 1 amide bonds. The summed E-state index contributed by atoms with van der Waals surface area (Å²) in [6.07, 6.45) is 6.33. The maximum Gasteiger partial charge on any atom is 0.242 e. The van der Waals surface area contributed by atoms with Gasteiger partial charge in [-0.25, -0.2) is 0 Å². The molecule has 0 radical (unpaired) electrons. The number of nitrogens with one attached hydrogen (secondary N) is 1. The molecule has 2 fully saturated rings. The van der Waals surface area contributed by atoms with Crippen molar-refractivity contribution in [2.24, 2.45) is 17.1 Å². The zero-order valence-electron chi connectivity index (χ0n) is 11.5. The molecule has 2 aliphatic rings. The van der Waals surface area contributed by atoms with Crippen LogP contribution >= 0.6 is 0 Å². The monoisotopic (exact) mass is 250 g/mol. The molecule has 1 aliphatic carbocycles. The predicted octanol–water partition coefficient (Wildman–Crippen LogP) is 0.657. The highest BCUT2D eigenvalue weighted by Gasteiger charge is 2.71. The molecule has 3 atom stereocenters. The average Bonchev–Trinajstić information content (AvgIpc) is 2.74. The van der Waals surface area contributed by atoms with Crippen LogP contribution in [0.1, 0.15) is 34.1 Å². The molecule has 3 N–H and O–H groups in total.